The van der Waals surface area contributed by atoms with Crippen molar-refractivity contribution >= 4 is 33.2 Å². The van der Waals surface area contributed by atoms with Crippen LogP contribution in [0.15, 0.2) is 47.4 Å². The van der Waals surface area contributed by atoms with E-state index in [2.05, 4.69) is 12.1 Å². The van der Waals surface area contributed by atoms with E-state index in [1.54, 1.807) is 7.11 Å². The number of halogens is 2. The van der Waals surface area contributed by atoms with Crippen molar-refractivity contribution in [2.75, 3.05) is 20.2 Å². The molecule has 0 spiro atoms. The van der Waals surface area contributed by atoms with Crippen molar-refractivity contribution < 1.29 is 13.2 Å². The first-order chi connectivity index (χ1) is 12.4. The third kappa shape index (κ3) is 4.52. The van der Waals surface area contributed by atoms with E-state index < -0.39 is 10.0 Å². The van der Waals surface area contributed by atoms with E-state index in [0.717, 1.165) is 25.0 Å². The van der Waals surface area contributed by atoms with Crippen molar-refractivity contribution in [3.05, 3.63) is 58.1 Å². The fourth-order valence-corrected chi connectivity index (χ4v) is 5.47. The molecule has 1 fully saturated rings. The molecule has 1 saturated heterocycles. The second-order valence-corrected chi connectivity index (χ2v) is 9.32. The first kappa shape index (κ1) is 19.5. The molecular weight excluding hydrogens is 393 g/mol. The molecule has 7 heteroatoms. The lowest BCUT2D eigenvalue weighted by Crippen LogP contribution is -2.38. The predicted octanol–water partition coefficient (Wildman–Crippen LogP) is 4.65. The first-order valence-electron chi connectivity index (χ1n) is 8.47. The van der Waals surface area contributed by atoms with Crippen LogP contribution < -0.4 is 4.74 Å². The van der Waals surface area contributed by atoms with Gasteiger partial charge in [0.05, 0.1) is 12.0 Å². The average Bonchev–Trinajstić information content (AvgIpc) is 2.62. The standard InChI is InChI=1S/C19H21Cl2NO3S/c1-25-18-4-2-14(3-5-18)10-15-6-8-22(9-7-15)26(23,24)19-12-16(20)11-17(21)13-19/h2-5,11-13,15H,6-10H2,1H3. The zero-order valence-corrected chi connectivity index (χ0v) is 16.8. The molecule has 4 nitrogen and oxygen atoms in total. The summed E-state index contributed by atoms with van der Waals surface area (Å²) in [6.45, 7) is 1.01. The van der Waals surface area contributed by atoms with Crippen LogP contribution >= 0.6 is 23.2 Å². The summed E-state index contributed by atoms with van der Waals surface area (Å²) in [5, 5.41) is 0.649. The fraction of sp³-hybridized carbons (Fsp3) is 0.368. The Balaban J connectivity index is 1.63. The number of piperidine rings is 1. The van der Waals surface area contributed by atoms with Gasteiger partial charge in [0.25, 0.3) is 0 Å². The summed E-state index contributed by atoms with van der Waals surface area (Å²) in [7, 11) is -1.91. The van der Waals surface area contributed by atoms with Crippen LogP contribution in [-0.4, -0.2) is 32.9 Å². The second-order valence-electron chi connectivity index (χ2n) is 6.50. The Morgan fingerprint density at radius 1 is 1.04 bits per heavy atom. The monoisotopic (exact) mass is 413 g/mol. The van der Waals surface area contributed by atoms with Crippen LogP contribution in [0.2, 0.25) is 10.0 Å². The summed E-state index contributed by atoms with van der Waals surface area (Å²) in [4.78, 5) is 0.156. The van der Waals surface area contributed by atoms with Gasteiger partial charge in [-0.2, -0.15) is 4.31 Å². The molecule has 0 bridgehead atoms. The molecule has 1 aliphatic rings. The summed E-state index contributed by atoms with van der Waals surface area (Å²) in [5.74, 6) is 1.31. The molecule has 0 N–H and O–H groups in total. The van der Waals surface area contributed by atoms with Crippen LogP contribution in [-0.2, 0) is 16.4 Å². The normalized spacial score (nSPS) is 16.6. The van der Waals surface area contributed by atoms with Gasteiger partial charge in [0.15, 0.2) is 0 Å². The molecule has 140 valence electrons. The average molecular weight is 414 g/mol. The highest BCUT2D eigenvalue weighted by atomic mass is 35.5. The van der Waals surface area contributed by atoms with E-state index in [4.69, 9.17) is 27.9 Å². The van der Waals surface area contributed by atoms with Gasteiger partial charge in [0, 0.05) is 23.1 Å². The molecule has 1 heterocycles. The highest BCUT2D eigenvalue weighted by Gasteiger charge is 2.29. The number of benzene rings is 2. The van der Waals surface area contributed by atoms with Gasteiger partial charge in [-0.1, -0.05) is 35.3 Å². The summed E-state index contributed by atoms with van der Waals surface area (Å²) in [6, 6.07) is 12.5. The Kier molecular flexibility index (Phi) is 6.13. The van der Waals surface area contributed by atoms with E-state index in [9.17, 15) is 8.42 Å². The summed E-state index contributed by atoms with van der Waals surface area (Å²) >= 11 is 11.9. The molecule has 3 rings (SSSR count). The van der Waals surface area contributed by atoms with Gasteiger partial charge in [-0.05, 0) is 61.1 Å². The molecule has 0 unspecified atom stereocenters. The van der Waals surface area contributed by atoms with Gasteiger partial charge in [0.1, 0.15) is 5.75 Å². The van der Waals surface area contributed by atoms with Crippen LogP contribution in [0.1, 0.15) is 18.4 Å². The van der Waals surface area contributed by atoms with E-state index in [1.807, 2.05) is 12.1 Å². The molecule has 0 atom stereocenters. The first-order valence-corrected chi connectivity index (χ1v) is 10.7. The Morgan fingerprint density at radius 3 is 2.15 bits per heavy atom. The van der Waals surface area contributed by atoms with Gasteiger partial charge >= 0.3 is 0 Å². The van der Waals surface area contributed by atoms with Crippen LogP contribution in [0.4, 0.5) is 0 Å². The lowest BCUT2D eigenvalue weighted by Gasteiger charge is -2.31. The van der Waals surface area contributed by atoms with E-state index in [0.29, 0.717) is 29.1 Å². The number of methoxy groups -OCH3 is 1. The molecule has 2 aromatic rings. The molecule has 1 aliphatic heterocycles. The van der Waals surface area contributed by atoms with Crippen molar-refractivity contribution in [1.29, 1.82) is 0 Å². The molecule has 2 aromatic carbocycles. The van der Waals surface area contributed by atoms with Crippen LogP contribution in [0.25, 0.3) is 0 Å². The van der Waals surface area contributed by atoms with Gasteiger partial charge in [-0.3, -0.25) is 0 Å². The molecule has 0 aliphatic carbocycles. The number of rotatable bonds is 5. The summed E-state index contributed by atoms with van der Waals surface area (Å²) < 4.78 is 32.3. The fourth-order valence-electron chi connectivity index (χ4n) is 3.28. The lowest BCUT2D eigenvalue weighted by molar-refractivity contribution is 0.273. The maximum absolute atomic E-state index is 12.8. The van der Waals surface area contributed by atoms with Crippen LogP contribution in [0.5, 0.6) is 5.75 Å². The van der Waals surface area contributed by atoms with Crippen molar-refractivity contribution in [3.8, 4) is 5.75 Å². The Morgan fingerprint density at radius 2 is 1.62 bits per heavy atom. The molecule has 0 amide bonds. The number of nitrogens with zero attached hydrogens (tertiary/aromatic N) is 1. The van der Waals surface area contributed by atoms with Gasteiger partial charge in [0.2, 0.25) is 10.0 Å². The third-order valence-corrected chi connectivity index (χ3v) is 7.04. The Labute approximate surface area is 164 Å². The molecule has 0 saturated carbocycles. The summed E-state index contributed by atoms with van der Waals surface area (Å²) in [6.07, 6.45) is 2.61. The molecule has 26 heavy (non-hydrogen) atoms. The quantitative estimate of drug-likeness (QED) is 0.716. The number of ether oxygens (including phenoxy) is 1. The van der Waals surface area contributed by atoms with Crippen molar-refractivity contribution in [3.63, 3.8) is 0 Å². The Hall–Kier alpha value is -1.27. The predicted molar refractivity (Wildman–Crippen MR) is 105 cm³/mol. The lowest BCUT2D eigenvalue weighted by atomic mass is 9.91. The van der Waals surface area contributed by atoms with Crippen molar-refractivity contribution in [1.82, 2.24) is 4.31 Å². The highest BCUT2D eigenvalue weighted by molar-refractivity contribution is 7.89. The highest BCUT2D eigenvalue weighted by Crippen LogP contribution is 2.29. The minimum absolute atomic E-state index is 0.156. The van der Waals surface area contributed by atoms with Crippen LogP contribution in [0, 0.1) is 5.92 Å². The van der Waals surface area contributed by atoms with E-state index >= 15 is 0 Å². The zero-order valence-electron chi connectivity index (χ0n) is 14.5. The molecule has 0 radical (unpaired) electrons. The molecule has 0 aromatic heterocycles. The third-order valence-electron chi connectivity index (χ3n) is 4.73. The Bertz CT molecular complexity index is 841. The second kappa shape index (κ2) is 8.17. The largest absolute Gasteiger partial charge is 0.497 e. The maximum Gasteiger partial charge on any atom is 0.243 e. The minimum Gasteiger partial charge on any atom is -0.497 e. The smallest absolute Gasteiger partial charge is 0.243 e. The van der Waals surface area contributed by atoms with Gasteiger partial charge in [-0.15, -0.1) is 0 Å². The van der Waals surface area contributed by atoms with Gasteiger partial charge in [-0.25, -0.2) is 8.42 Å². The number of hydrogen-bond acceptors (Lipinski definition) is 3. The van der Waals surface area contributed by atoms with E-state index in [1.165, 1.54) is 28.1 Å². The minimum atomic E-state index is -3.56. The van der Waals surface area contributed by atoms with E-state index in [-0.39, 0.29) is 4.90 Å². The number of sulfonamides is 1. The zero-order chi connectivity index (χ0) is 18.7. The topological polar surface area (TPSA) is 46.6 Å². The summed E-state index contributed by atoms with van der Waals surface area (Å²) in [5.41, 5.74) is 1.24. The van der Waals surface area contributed by atoms with Crippen LogP contribution in [0.3, 0.4) is 0 Å². The molecular formula is C19H21Cl2NO3S. The van der Waals surface area contributed by atoms with Gasteiger partial charge < -0.3 is 4.74 Å². The van der Waals surface area contributed by atoms with Crippen molar-refractivity contribution in [2.45, 2.75) is 24.2 Å². The number of hydrogen-bond donors (Lipinski definition) is 0. The maximum atomic E-state index is 12.8. The van der Waals surface area contributed by atoms with Crippen molar-refractivity contribution in [2.24, 2.45) is 5.92 Å². The SMILES string of the molecule is COc1ccc(CC2CCN(S(=O)(=O)c3cc(Cl)cc(Cl)c3)CC2)cc1.